The standard InChI is InChI=1S/C21H21N7OS/c1-29-17-10-6-5-9-16(17)24-20-26-18(25-19(22)27-20)14-30-21-23-11-12-28(21)13-15-7-3-2-4-8-15/h2-12H,13-14H2,1H3,(H3,22,24,25,26,27). The first-order valence-corrected chi connectivity index (χ1v) is 10.3. The van der Waals surface area contributed by atoms with Crippen LogP contribution < -0.4 is 15.8 Å². The molecule has 4 rings (SSSR count). The van der Waals surface area contributed by atoms with Crippen molar-refractivity contribution < 1.29 is 4.74 Å². The molecule has 2 aromatic carbocycles. The Morgan fingerprint density at radius 3 is 2.67 bits per heavy atom. The largest absolute Gasteiger partial charge is 0.495 e. The Labute approximate surface area is 178 Å². The van der Waals surface area contributed by atoms with Crippen LogP contribution in [-0.2, 0) is 12.3 Å². The second-order valence-electron chi connectivity index (χ2n) is 6.37. The van der Waals surface area contributed by atoms with Gasteiger partial charge in [-0.15, -0.1) is 0 Å². The van der Waals surface area contributed by atoms with E-state index < -0.39 is 0 Å². The SMILES string of the molecule is COc1ccccc1Nc1nc(N)nc(CSc2nccn2Cc2ccccc2)n1. The van der Waals surface area contributed by atoms with Crippen molar-refractivity contribution in [3.05, 3.63) is 78.4 Å². The summed E-state index contributed by atoms with van der Waals surface area (Å²) in [6.07, 6.45) is 3.76. The first-order chi connectivity index (χ1) is 14.7. The van der Waals surface area contributed by atoms with Crippen LogP contribution in [0.5, 0.6) is 5.75 Å². The minimum Gasteiger partial charge on any atom is -0.495 e. The minimum absolute atomic E-state index is 0.158. The van der Waals surface area contributed by atoms with Crippen molar-refractivity contribution in [1.82, 2.24) is 24.5 Å². The number of ether oxygens (including phenoxy) is 1. The normalized spacial score (nSPS) is 10.7. The van der Waals surface area contributed by atoms with Crippen LogP contribution in [0.4, 0.5) is 17.6 Å². The number of para-hydroxylation sites is 2. The number of imidazole rings is 1. The molecule has 0 fully saturated rings. The summed E-state index contributed by atoms with van der Waals surface area (Å²) in [5.41, 5.74) is 7.87. The summed E-state index contributed by atoms with van der Waals surface area (Å²) in [5.74, 6) is 2.30. The van der Waals surface area contributed by atoms with E-state index in [-0.39, 0.29) is 5.95 Å². The number of nitrogen functional groups attached to an aromatic ring is 1. The van der Waals surface area contributed by atoms with Gasteiger partial charge in [0.2, 0.25) is 11.9 Å². The topological polar surface area (TPSA) is 104 Å². The van der Waals surface area contributed by atoms with Gasteiger partial charge in [-0.25, -0.2) is 4.98 Å². The summed E-state index contributed by atoms with van der Waals surface area (Å²) in [6.45, 7) is 0.753. The van der Waals surface area contributed by atoms with Gasteiger partial charge in [-0.1, -0.05) is 54.2 Å². The Morgan fingerprint density at radius 1 is 1.03 bits per heavy atom. The molecule has 2 aromatic heterocycles. The molecular formula is C21H21N7OS. The number of hydrogen-bond acceptors (Lipinski definition) is 8. The van der Waals surface area contributed by atoms with E-state index in [0.29, 0.717) is 23.3 Å². The van der Waals surface area contributed by atoms with E-state index in [4.69, 9.17) is 10.5 Å². The molecule has 0 aliphatic carbocycles. The fourth-order valence-electron chi connectivity index (χ4n) is 2.89. The Bertz CT molecular complexity index is 1120. The summed E-state index contributed by atoms with van der Waals surface area (Å²) in [4.78, 5) is 17.4. The van der Waals surface area contributed by atoms with E-state index >= 15 is 0 Å². The first-order valence-electron chi connectivity index (χ1n) is 9.29. The number of hydrogen-bond donors (Lipinski definition) is 2. The average molecular weight is 420 g/mol. The van der Waals surface area contributed by atoms with Gasteiger partial charge in [0.05, 0.1) is 18.6 Å². The van der Waals surface area contributed by atoms with Crippen LogP contribution in [0.15, 0.2) is 72.1 Å². The molecule has 0 atom stereocenters. The van der Waals surface area contributed by atoms with E-state index in [9.17, 15) is 0 Å². The van der Waals surface area contributed by atoms with Gasteiger partial charge >= 0.3 is 0 Å². The van der Waals surface area contributed by atoms with Gasteiger partial charge in [-0.3, -0.25) is 0 Å². The number of rotatable bonds is 8. The van der Waals surface area contributed by atoms with Crippen molar-refractivity contribution in [3.63, 3.8) is 0 Å². The molecule has 0 saturated heterocycles. The fraction of sp³-hybridized carbons (Fsp3) is 0.143. The van der Waals surface area contributed by atoms with Gasteiger partial charge in [0.15, 0.2) is 5.16 Å². The van der Waals surface area contributed by atoms with Gasteiger partial charge in [-0.2, -0.15) is 15.0 Å². The first kappa shape index (κ1) is 19.7. The van der Waals surface area contributed by atoms with Crippen molar-refractivity contribution in [2.24, 2.45) is 0 Å². The molecule has 8 nitrogen and oxygen atoms in total. The van der Waals surface area contributed by atoms with Crippen LogP contribution in [-0.4, -0.2) is 31.6 Å². The predicted octanol–water partition coefficient (Wildman–Crippen LogP) is 3.74. The van der Waals surface area contributed by atoms with Crippen molar-refractivity contribution in [3.8, 4) is 5.75 Å². The number of nitrogens with zero attached hydrogens (tertiary/aromatic N) is 5. The van der Waals surface area contributed by atoms with Crippen molar-refractivity contribution in [2.45, 2.75) is 17.5 Å². The van der Waals surface area contributed by atoms with Gasteiger partial charge < -0.3 is 20.4 Å². The molecule has 0 bridgehead atoms. The Morgan fingerprint density at radius 2 is 1.83 bits per heavy atom. The summed E-state index contributed by atoms with van der Waals surface area (Å²) in [7, 11) is 1.61. The number of anilines is 3. The molecule has 9 heteroatoms. The van der Waals surface area contributed by atoms with Crippen LogP contribution in [0.25, 0.3) is 0 Å². The van der Waals surface area contributed by atoms with E-state index in [2.05, 4.69) is 42.0 Å². The summed E-state index contributed by atoms with van der Waals surface area (Å²) in [5, 5.41) is 4.03. The van der Waals surface area contributed by atoms with Crippen molar-refractivity contribution in [1.29, 1.82) is 0 Å². The second-order valence-corrected chi connectivity index (χ2v) is 7.31. The molecule has 2 heterocycles. The Hall–Kier alpha value is -3.59. The van der Waals surface area contributed by atoms with E-state index in [1.807, 2.05) is 48.7 Å². The molecule has 0 unspecified atom stereocenters. The number of nitrogens with two attached hydrogens (primary N) is 1. The zero-order valence-corrected chi connectivity index (χ0v) is 17.2. The quantitative estimate of drug-likeness (QED) is 0.416. The molecule has 3 N–H and O–H groups in total. The molecule has 0 saturated carbocycles. The lowest BCUT2D eigenvalue weighted by atomic mass is 10.2. The molecule has 4 aromatic rings. The van der Waals surface area contributed by atoms with E-state index in [1.165, 1.54) is 5.56 Å². The summed E-state index contributed by atoms with van der Waals surface area (Å²) >= 11 is 1.55. The maximum atomic E-state index is 5.90. The summed E-state index contributed by atoms with van der Waals surface area (Å²) < 4.78 is 7.45. The van der Waals surface area contributed by atoms with Gasteiger partial charge in [0, 0.05) is 18.9 Å². The van der Waals surface area contributed by atoms with Gasteiger partial charge in [0.1, 0.15) is 11.6 Å². The number of nitrogens with one attached hydrogen (secondary N) is 1. The number of aromatic nitrogens is 5. The molecule has 0 radical (unpaired) electrons. The van der Waals surface area contributed by atoms with E-state index in [1.54, 1.807) is 25.1 Å². The number of methoxy groups -OCH3 is 1. The van der Waals surface area contributed by atoms with Crippen LogP contribution in [0.3, 0.4) is 0 Å². The molecular weight excluding hydrogens is 398 g/mol. The zero-order chi connectivity index (χ0) is 20.8. The Kier molecular flexibility index (Phi) is 6.09. The Balaban J connectivity index is 1.47. The third-order valence-electron chi connectivity index (χ3n) is 4.26. The maximum Gasteiger partial charge on any atom is 0.232 e. The monoisotopic (exact) mass is 419 g/mol. The highest BCUT2D eigenvalue weighted by Gasteiger charge is 2.10. The van der Waals surface area contributed by atoms with Crippen molar-refractivity contribution >= 4 is 29.3 Å². The maximum absolute atomic E-state index is 5.90. The molecule has 0 amide bonds. The highest BCUT2D eigenvalue weighted by atomic mass is 32.2. The highest BCUT2D eigenvalue weighted by Crippen LogP contribution is 2.26. The lowest BCUT2D eigenvalue weighted by Crippen LogP contribution is -2.07. The lowest BCUT2D eigenvalue weighted by molar-refractivity contribution is 0.417. The summed E-state index contributed by atoms with van der Waals surface area (Å²) in [6, 6.07) is 17.8. The van der Waals surface area contributed by atoms with Crippen LogP contribution in [0.1, 0.15) is 11.4 Å². The zero-order valence-electron chi connectivity index (χ0n) is 16.4. The third kappa shape index (κ3) is 4.87. The van der Waals surface area contributed by atoms with Crippen LogP contribution in [0.2, 0.25) is 0 Å². The highest BCUT2D eigenvalue weighted by molar-refractivity contribution is 7.98. The van der Waals surface area contributed by atoms with Crippen LogP contribution >= 0.6 is 11.8 Å². The van der Waals surface area contributed by atoms with Crippen molar-refractivity contribution in [2.75, 3.05) is 18.2 Å². The lowest BCUT2D eigenvalue weighted by Gasteiger charge is -2.11. The number of benzene rings is 2. The molecule has 0 aliphatic rings. The third-order valence-corrected chi connectivity index (χ3v) is 5.26. The van der Waals surface area contributed by atoms with Gasteiger partial charge in [0.25, 0.3) is 0 Å². The fourth-order valence-corrected chi connectivity index (χ4v) is 3.71. The van der Waals surface area contributed by atoms with Crippen LogP contribution in [0, 0.1) is 0 Å². The molecule has 0 spiro atoms. The number of thioether (sulfide) groups is 1. The van der Waals surface area contributed by atoms with E-state index in [0.717, 1.165) is 17.4 Å². The molecule has 30 heavy (non-hydrogen) atoms. The minimum atomic E-state index is 0.158. The van der Waals surface area contributed by atoms with Gasteiger partial charge in [-0.05, 0) is 17.7 Å². The second kappa shape index (κ2) is 9.27. The average Bonchev–Trinajstić information content (AvgIpc) is 3.20. The predicted molar refractivity (Wildman–Crippen MR) is 118 cm³/mol. The smallest absolute Gasteiger partial charge is 0.232 e. The molecule has 0 aliphatic heterocycles. The molecule has 152 valence electrons.